The Morgan fingerprint density at radius 2 is 1.65 bits per heavy atom. The fourth-order valence-corrected chi connectivity index (χ4v) is 2.75. The van der Waals surface area contributed by atoms with E-state index in [-0.39, 0.29) is 0 Å². The molecule has 23 heavy (non-hydrogen) atoms. The summed E-state index contributed by atoms with van der Waals surface area (Å²) in [5.74, 6) is 0.779. The number of aromatic amines is 1. The van der Waals surface area contributed by atoms with Crippen molar-refractivity contribution < 1.29 is 4.74 Å². The molecular weight excluding hydrogens is 374 g/mol. The second kappa shape index (κ2) is 6.52. The van der Waals surface area contributed by atoms with E-state index in [1.807, 2.05) is 48.5 Å². The minimum atomic E-state index is 0.392. The minimum Gasteiger partial charge on any atom is -0.497 e. The molecule has 0 saturated carbocycles. The van der Waals surface area contributed by atoms with Gasteiger partial charge >= 0.3 is 0 Å². The van der Waals surface area contributed by atoms with Crippen LogP contribution in [-0.4, -0.2) is 17.1 Å². The Labute approximate surface area is 147 Å². The number of H-pyrrole nitrogens is 1. The summed E-state index contributed by atoms with van der Waals surface area (Å²) in [5, 5.41) is 0. The molecule has 0 amide bonds. The molecule has 0 saturated heterocycles. The van der Waals surface area contributed by atoms with Crippen LogP contribution in [0.15, 0.2) is 53.0 Å². The number of aromatic nitrogens is 2. The zero-order valence-electron chi connectivity index (χ0n) is 12.3. The first-order valence-electron chi connectivity index (χ1n) is 6.88. The monoisotopic (exact) mass is 387 g/mol. The van der Waals surface area contributed by atoms with Gasteiger partial charge in [0, 0.05) is 15.6 Å². The van der Waals surface area contributed by atoms with E-state index in [4.69, 9.17) is 22.7 Å². The number of benzene rings is 2. The molecule has 4 nitrogen and oxygen atoms in total. The van der Waals surface area contributed by atoms with Gasteiger partial charge in [0.1, 0.15) is 5.75 Å². The van der Waals surface area contributed by atoms with Gasteiger partial charge in [-0.1, -0.05) is 28.1 Å². The Balaban J connectivity index is 2.15. The van der Waals surface area contributed by atoms with Gasteiger partial charge in [0.15, 0.2) is 4.77 Å². The number of nitrogens with one attached hydrogen (secondary N) is 1. The van der Waals surface area contributed by atoms with Gasteiger partial charge in [0.05, 0.1) is 24.2 Å². The van der Waals surface area contributed by atoms with Crippen LogP contribution in [0.3, 0.4) is 0 Å². The van der Waals surface area contributed by atoms with Crippen molar-refractivity contribution in [2.45, 2.75) is 0 Å². The van der Waals surface area contributed by atoms with Crippen molar-refractivity contribution in [1.29, 1.82) is 0 Å². The molecule has 2 aromatic carbocycles. The van der Waals surface area contributed by atoms with E-state index in [1.54, 1.807) is 7.11 Å². The number of nitrogen functional groups attached to an aromatic ring is 1. The van der Waals surface area contributed by atoms with Crippen LogP contribution in [0.1, 0.15) is 0 Å². The summed E-state index contributed by atoms with van der Waals surface area (Å²) < 4.78 is 6.57. The highest BCUT2D eigenvalue weighted by Crippen LogP contribution is 2.32. The first kappa shape index (κ1) is 15.7. The highest BCUT2D eigenvalue weighted by atomic mass is 79.9. The summed E-state index contributed by atoms with van der Waals surface area (Å²) in [6, 6.07) is 15.4. The smallest absolute Gasteiger partial charge is 0.197 e. The second-order valence-electron chi connectivity index (χ2n) is 4.91. The molecule has 0 radical (unpaired) electrons. The average Bonchev–Trinajstić information content (AvgIpc) is 2.57. The lowest BCUT2D eigenvalue weighted by atomic mass is 10.1. The van der Waals surface area contributed by atoms with Crippen molar-refractivity contribution in [1.82, 2.24) is 9.97 Å². The topological polar surface area (TPSA) is 63.9 Å². The highest BCUT2D eigenvalue weighted by Gasteiger charge is 2.12. The summed E-state index contributed by atoms with van der Waals surface area (Å²) in [4.78, 5) is 7.47. The van der Waals surface area contributed by atoms with E-state index in [2.05, 4.69) is 25.9 Å². The van der Waals surface area contributed by atoms with Gasteiger partial charge in [0.2, 0.25) is 0 Å². The number of halogens is 1. The zero-order valence-corrected chi connectivity index (χ0v) is 14.7. The van der Waals surface area contributed by atoms with Crippen molar-refractivity contribution in [3.05, 3.63) is 57.8 Å². The van der Waals surface area contributed by atoms with E-state index >= 15 is 0 Å². The predicted octanol–water partition coefficient (Wildman–Crippen LogP) is 4.83. The molecule has 0 fully saturated rings. The van der Waals surface area contributed by atoms with Crippen LogP contribution in [0.4, 0.5) is 5.69 Å². The van der Waals surface area contributed by atoms with Gasteiger partial charge in [-0.3, -0.25) is 0 Å². The highest BCUT2D eigenvalue weighted by molar-refractivity contribution is 9.10. The van der Waals surface area contributed by atoms with Gasteiger partial charge < -0.3 is 15.5 Å². The molecule has 6 heteroatoms. The summed E-state index contributed by atoms with van der Waals surface area (Å²) in [6.45, 7) is 0. The lowest BCUT2D eigenvalue weighted by Crippen LogP contribution is -2.00. The molecule has 3 N–H and O–H groups in total. The van der Waals surface area contributed by atoms with Crippen LogP contribution in [0.25, 0.3) is 22.5 Å². The number of nitrogens with zero attached hydrogens (tertiary/aromatic N) is 1. The Hall–Kier alpha value is -2.18. The molecule has 0 bridgehead atoms. The lowest BCUT2D eigenvalue weighted by molar-refractivity contribution is 0.415. The summed E-state index contributed by atoms with van der Waals surface area (Å²) in [7, 11) is 1.63. The van der Waals surface area contributed by atoms with Crippen LogP contribution < -0.4 is 10.5 Å². The Bertz CT molecular complexity index is 889. The fourth-order valence-electron chi connectivity index (χ4n) is 2.30. The van der Waals surface area contributed by atoms with Gasteiger partial charge in [0.25, 0.3) is 0 Å². The number of ether oxygens (including phenoxy) is 1. The Morgan fingerprint density at radius 1 is 1.04 bits per heavy atom. The van der Waals surface area contributed by atoms with Crippen LogP contribution in [0, 0.1) is 4.77 Å². The number of hydrogen-bond donors (Lipinski definition) is 2. The summed E-state index contributed by atoms with van der Waals surface area (Å²) in [5.41, 5.74) is 10.2. The van der Waals surface area contributed by atoms with Crippen molar-refractivity contribution in [3.63, 3.8) is 0 Å². The molecule has 0 aliphatic carbocycles. The van der Waals surface area contributed by atoms with E-state index < -0.39 is 0 Å². The average molecular weight is 388 g/mol. The number of methoxy groups -OCH3 is 1. The number of anilines is 1. The number of nitrogens with two attached hydrogens (primary N) is 1. The third-order valence-electron chi connectivity index (χ3n) is 3.47. The largest absolute Gasteiger partial charge is 0.497 e. The minimum absolute atomic E-state index is 0.392. The van der Waals surface area contributed by atoms with E-state index in [9.17, 15) is 0 Å². The molecule has 1 heterocycles. The molecule has 0 aliphatic rings. The van der Waals surface area contributed by atoms with E-state index in [0.29, 0.717) is 16.2 Å². The predicted molar refractivity (Wildman–Crippen MR) is 99.0 cm³/mol. The van der Waals surface area contributed by atoms with Crippen molar-refractivity contribution >= 4 is 33.8 Å². The fraction of sp³-hybridized carbons (Fsp3) is 0.0588. The van der Waals surface area contributed by atoms with Gasteiger partial charge in [-0.15, -0.1) is 0 Å². The lowest BCUT2D eigenvalue weighted by Gasteiger charge is -2.11. The molecule has 3 rings (SSSR count). The molecule has 0 spiro atoms. The molecule has 0 unspecified atom stereocenters. The first-order chi connectivity index (χ1) is 11.1. The third-order valence-corrected chi connectivity index (χ3v) is 4.19. The maximum Gasteiger partial charge on any atom is 0.197 e. The Morgan fingerprint density at radius 3 is 2.26 bits per heavy atom. The van der Waals surface area contributed by atoms with Gasteiger partial charge in [-0.25, -0.2) is 4.98 Å². The quantitative estimate of drug-likeness (QED) is 0.631. The number of rotatable bonds is 3. The maximum atomic E-state index is 6.34. The van der Waals surface area contributed by atoms with E-state index in [1.165, 1.54) is 0 Å². The van der Waals surface area contributed by atoms with Gasteiger partial charge in [-0.05, 0) is 48.6 Å². The number of hydrogen-bond acceptors (Lipinski definition) is 4. The van der Waals surface area contributed by atoms with Crippen molar-refractivity contribution in [2.24, 2.45) is 0 Å². The van der Waals surface area contributed by atoms with Crippen LogP contribution in [0.2, 0.25) is 0 Å². The first-order valence-corrected chi connectivity index (χ1v) is 8.09. The SMILES string of the molecule is COc1ccc(-c2nc(=S)[nH]c(-c3ccc(Br)cc3)c2N)cc1. The van der Waals surface area contributed by atoms with Crippen LogP contribution >= 0.6 is 28.1 Å². The van der Waals surface area contributed by atoms with Crippen molar-refractivity contribution in [3.8, 4) is 28.3 Å². The maximum absolute atomic E-state index is 6.34. The third kappa shape index (κ3) is 3.28. The van der Waals surface area contributed by atoms with Crippen LogP contribution in [0.5, 0.6) is 5.75 Å². The molecule has 1 aromatic heterocycles. The summed E-state index contributed by atoms with van der Waals surface area (Å²) in [6.07, 6.45) is 0. The zero-order chi connectivity index (χ0) is 16.4. The molecule has 3 aromatic rings. The normalized spacial score (nSPS) is 10.5. The summed E-state index contributed by atoms with van der Waals surface area (Å²) >= 11 is 8.69. The van der Waals surface area contributed by atoms with Crippen LogP contribution in [-0.2, 0) is 0 Å². The van der Waals surface area contributed by atoms with E-state index in [0.717, 1.165) is 27.0 Å². The molecule has 116 valence electrons. The molecular formula is C17H14BrN3OS. The molecule has 0 aliphatic heterocycles. The second-order valence-corrected chi connectivity index (χ2v) is 6.22. The van der Waals surface area contributed by atoms with Gasteiger partial charge in [-0.2, -0.15) is 0 Å². The Kier molecular flexibility index (Phi) is 4.45. The molecule has 0 atom stereocenters. The standard InChI is InChI=1S/C17H14BrN3OS/c1-22-13-8-4-11(5-9-13)16-14(19)15(20-17(23)21-16)10-2-6-12(18)7-3-10/h2-9H,19H2,1H3,(H,20,21,23). The van der Waals surface area contributed by atoms with Crippen molar-refractivity contribution in [2.75, 3.05) is 12.8 Å².